The van der Waals surface area contributed by atoms with Crippen molar-refractivity contribution >= 4 is 0 Å². The molecule has 106 valence electrons. The van der Waals surface area contributed by atoms with E-state index in [1.165, 1.54) is 0 Å². The highest BCUT2D eigenvalue weighted by atomic mass is 16.5. The van der Waals surface area contributed by atoms with E-state index in [0.717, 1.165) is 30.0 Å². The van der Waals surface area contributed by atoms with Crippen LogP contribution in [0.25, 0.3) is 0 Å². The summed E-state index contributed by atoms with van der Waals surface area (Å²) in [5.41, 5.74) is 0.876. The van der Waals surface area contributed by atoms with Crippen molar-refractivity contribution in [1.29, 1.82) is 0 Å². The van der Waals surface area contributed by atoms with Crippen LogP contribution in [0.5, 0.6) is 11.5 Å². The van der Waals surface area contributed by atoms with Crippen molar-refractivity contribution in [2.24, 2.45) is 0 Å². The van der Waals surface area contributed by atoms with Crippen LogP contribution in [0.2, 0.25) is 0 Å². The van der Waals surface area contributed by atoms with Crippen molar-refractivity contribution in [1.82, 2.24) is 5.32 Å². The normalized spacial score (nSPS) is 17.6. The molecule has 0 aliphatic carbocycles. The summed E-state index contributed by atoms with van der Waals surface area (Å²) < 4.78 is 11.4. The summed E-state index contributed by atoms with van der Waals surface area (Å²) in [6.07, 6.45) is 1.58. The highest BCUT2D eigenvalue weighted by Crippen LogP contribution is 2.35. The molecule has 1 unspecified atom stereocenters. The Hall–Kier alpha value is -1.26. The lowest BCUT2D eigenvalue weighted by Gasteiger charge is -2.31. The van der Waals surface area contributed by atoms with Crippen LogP contribution in [-0.4, -0.2) is 31.5 Å². The molecule has 0 saturated heterocycles. The number of aliphatic hydroxyl groups is 1. The first kappa shape index (κ1) is 14.2. The summed E-state index contributed by atoms with van der Waals surface area (Å²) >= 11 is 0. The van der Waals surface area contributed by atoms with Crippen molar-refractivity contribution in [3.63, 3.8) is 0 Å². The average molecular weight is 265 g/mol. The van der Waals surface area contributed by atoms with Crippen molar-refractivity contribution < 1.29 is 14.6 Å². The van der Waals surface area contributed by atoms with Gasteiger partial charge >= 0.3 is 0 Å². The fraction of sp³-hybridized carbons (Fsp3) is 0.600. The van der Waals surface area contributed by atoms with Crippen molar-refractivity contribution in [3.8, 4) is 11.5 Å². The van der Waals surface area contributed by atoms with Gasteiger partial charge in [0.05, 0.1) is 13.2 Å². The van der Waals surface area contributed by atoms with Crippen molar-refractivity contribution in [2.45, 2.75) is 32.2 Å². The largest absolute Gasteiger partial charge is 0.490 e. The van der Waals surface area contributed by atoms with E-state index in [0.29, 0.717) is 19.6 Å². The molecule has 2 rings (SSSR count). The number of nitrogens with one attached hydrogen (secondary N) is 1. The number of hydrogen-bond acceptors (Lipinski definition) is 4. The van der Waals surface area contributed by atoms with Crippen LogP contribution in [0.3, 0.4) is 0 Å². The van der Waals surface area contributed by atoms with Crippen molar-refractivity contribution in [2.75, 3.05) is 26.4 Å². The van der Waals surface area contributed by atoms with Gasteiger partial charge in [-0.3, -0.25) is 0 Å². The van der Waals surface area contributed by atoms with E-state index in [-0.39, 0.29) is 12.1 Å². The number of aliphatic hydroxyl groups excluding tert-OH is 1. The molecule has 4 nitrogen and oxygen atoms in total. The van der Waals surface area contributed by atoms with Crippen LogP contribution in [0.4, 0.5) is 0 Å². The molecule has 2 N–H and O–H groups in total. The van der Waals surface area contributed by atoms with Crippen LogP contribution >= 0.6 is 0 Å². The molecule has 1 atom stereocenters. The lowest BCUT2D eigenvalue weighted by molar-refractivity contribution is 0.222. The fourth-order valence-corrected chi connectivity index (χ4v) is 2.46. The summed E-state index contributed by atoms with van der Waals surface area (Å²) in [7, 11) is 0. The lowest BCUT2D eigenvalue weighted by atomic mass is 9.88. The van der Waals surface area contributed by atoms with Gasteiger partial charge in [0.15, 0.2) is 11.5 Å². The molecular formula is C15H23NO3. The Labute approximate surface area is 114 Å². The zero-order valence-electron chi connectivity index (χ0n) is 11.7. The predicted molar refractivity (Wildman–Crippen MR) is 74.8 cm³/mol. The van der Waals surface area contributed by atoms with Crippen LogP contribution in [0, 0.1) is 0 Å². The summed E-state index contributed by atoms with van der Waals surface area (Å²) in [4.78, 5) is 0. The summed E-state index contributed by atoms with van der Waals surface area (Å²) in [6, 6.07) is 6.04. The van der Waals surface area contributed by atoms with Crippen LogP contribution < -0.4 is 14.8 Å². The Morgan fingerprint density at radius 3 is 2.68 bits per heavy atom. The van der Waals surface area contributed by atoms with Crippen LogP contribution in [0.15, 0.2) is 18.2 Å². The van der Waals surface area contributed by atoms with E-state index in [1.807, 2.05) is 18.2 Å². The highest BCUT2D eigenvalue weighted by molar-refractivity contribution is 5.45. The van der Waals surface area contributed by atoms with E-state index in [9.17, 15) is 5.11 Å². The molecule has 1 aromatic rings. The standard InChI is InChI=1S/C15H23NO3/c1-3-16-15(2,7-8-17)12-5-6-13-14(11-12)19-10-4-9-18-13/h5-6,11,16-17H,3-4,7-10H2,1-2H3. The molecule has 4 heteroatoms. The average Bonchev–Trinajstić information content (AvgIpc) is 2.63. The lowest BCUT2D eigenvalue weighted by Crippen LogP contribution is -2.40. The quantitative estimate of drug-likeness (QED) is 0.855. The summed E-state index contributed by atoms with van der Waals surface area (Å²) in [5, 5.41) is 12.7. The van der Waals surface area contributed by atoms with Gasteiger partial charge in [0, 0.05) is 18.6 Å². The monoisotopic (exact) mass is 265 g/mol. The maximum atomic E-state index is 9.28. The summed E-state index contributed by atoms with van der Waals surface area (Å²) in [5.74, 6) is 1.61. The smallest absolute Gasteiger partial charge is 0.161 e. The Bertz CT molecular complexity index is 414. The topological polar surface area (TPSA) is 50.7 Å². The second-order valence-corrected chi connectivity index (χ2v) is 5.05. The fourth-order valence-electron chi connectivity index (χ4n) is 2.46. The van der Waals surface area contributed by atoms with E-state index in [2.05, 4.69) is 19.2 Å². The molecule has 1 aliphatic rings. The highest BCUT2D eigenvalue weighted by Gasteiger charge is 2.26. The van der Waals surface area contributed by atoms with E-state index >= 15 is 0 Å². The molecule has 1 heterocycles. The van der Waals surface area contributed by atoms with Gasteiger partial charge < -0.3 is 19.9 Å². The summed E-state index contributed by atoms with van der Waals surface area (Å²) in [6.45, 7) is 6.56. The first-order valence-electron chi connectivity index (χ1n) is 6.95. The number of ether oxygens (including phenoxy) is 2. The molecular weight excluding hydrogens is 242 g/mol. The minimum absolute atomic E-state index is 0.151. The number of rotatable bonds is 5. The SMILES string of the molecule is CCNC(C)(CCO)c1ccc2c(c1)OCCCO2. The second-order valence-electron chi connectivity index (χ2n) is 5.05. The van der Waals surface area contributed by atoms with Gasteiger partial charge in [-0.05, 0) is 37.6 Å². The second kappa shape index (κ2) is 6.26. The predicted octanol–water partition coefficient (Wildman–Crippen LogP) is 2.05. The third-order valence-electron chi connectivity index (χ3n) is 3.56. The van der Waals surface area contributed by atoms with Crippen molar-refractivity contribution in [3.05, 3.63) is 23.8 Å². The van der Waals surface area contributed by atoms with Gasteiger partial charge in [0.25, 0.3) is 0 Å². The molecule has 0 bridgehead atoms. The first-order valence-corrected chi connectivity index (χ1v) is 6.95. The third kappa shape index (κ3) is 3.19. The van der Waals surface area contributed by atoms with E-state index in [1.54, 1.807) is 0 Å². The molecule has 0 radical (unpaired) electrons. The molecule has 0 spiro atoms. The first-order chi connectivity index (χ1) is 9.19. The maximum absolute atomic E-state index is 9.28. The zero-order chi connectivity index (χ0) is 13.7. The van der Waals surface area contributed by atoms with E-state index < -0.39 is 0 Å². The van der Waals surface area contributed by atoms with Gasteiger partial charge in [-0.2, -0.15) is 0 Å². The third-order valence-corrected chi connectivity index (χ3v) is 3.56. The number of fused-ring (bicyclic) bond motifs is 1. The van der Waals surface area contributed by atoms with E-state index in [4.69, 9.17) is 9.47 Å². The molecule has 0 aromatic heterocycles. The van der Waals surface area contributed by atoms with Gasteiger partial charge in [-0.1, -0.05) is 13.0 Å². The molecule has 1 aromatic carbocycles. The number of hydrogen-bond donors (Lipinski definition) is 2. The Morgan fingerprint density at radius 2 is 2.00 bits per heavy atom. The van der Waals surface area contributed by atoms with Gasteiger partial charge in [0.2, 0.25) is 0 Å². The Balaban J connectivity index is 2.30. The molecule has 1 aliphatic heterocycles. The minimum atomic E-state index is -0.242. The van der Waals surface area contributed by atoms with Crippen LogP contribution in [-0.2, 0) is 5.54 Å². The maximum Gasteiger partial charge on any atom is 0.161 e. The molecule has 0 amide bonds. The zero-order valence-corrected chi connectivity index (χ0v) is 11.7. The van der Waals surface area contributed by atoms with Gasteiger partial charge in [-0.15, -0.1) is 0 Å². The van der Waals surface area contributed by atoms with Crippen LogP contribution in [0.1, 0.15) is 32.3 Å². The molecule has 0 saturated carbocycles. The molecule has 19 heavy (non-hydrogen) atoms. The van der Waals surface area contributed by atoms with Gasteiger partial charge in [0.1, 0.15) is 0 Å². The minimum Gasteiger partial charge on any atom is -0.490 e. The van der Waals surface area contributed by atoms with Gasteiger partial charge in [-0.25, -0.2) is 0 Å². The Kier molecular flexibility index (Phi) is 4.66. The molecule has 0 fully saturated rings. The Morgan fingerprint density at radius 1 is 1.26 bits per heavy atom. The number of benzene rings is 1.